The number of hydrogen-bond acceptors (Lipinski definition) is 4. The fourth-order valence-electron chi connectivity index (χ4n) is 5.18. The minimum Gasteiger partial charge on any atom is -0.484 e. The molecule has 1 saturated heterocycles. The molecule has 0 aliphatic carbocycles. The number of hydrogen-bond donors (Lipinski definition) is 0. The number of ether oxygens (including phenoxy) is 1. The summed E-state index contributed by atoms with van der Waals surface area (Å²) in [6, 6.07) is 27.6. The average Bonchev–Trinajstić information content (AvgIpc) is 3.35. The van der Waals surface area contributed by atoms with Crippen LogP contribution >= 0.6 is 23.2 Å². The molecule has 3 heterocycles. The number of aromatic nitrogens is 2. The van der Waals surface area contributed by atoms with E-state index in [0.717, 1.165) is 46.8 Å². The van der Waals surface area contributed by atoms with E-state index < -0.39 is 0 Å². The van der Waals surface area contributed by atoms with Crippen molar-refractivity contribution in [3.63, 3.8) is 0 Å². The quantitative estimate of drug-likeness (QED) is 0.206. The molecule has 0 N–H and O–H groups in total. The molecule has 1 fully saturated rings. The van der Waals surface area contributed by atoms with Crippen LogP contribution in [0, 0.1) is 6.92 Å². The van der Waals surface area contributed by atoms with E-state index in [0.29, 0.717) is 35.4 Å². The Morgan fingerprint density at radius 1 is 0.854 bits per heavy atom. The van der Waals surface area contributed by atoms with Crippen LogP contribution in [0.1, 0.15) is 11.3 Å². The highest BCUT2D eigenvalue weighted by Crippen LogP contribution is 2.31. The van der Waals surface area contributed by atoms with Crippen molar-refractivity contribution in [3.05, 3.63) is 112 Å². The number of amides is 1. The maximum absolute atomic E-state index is 12.8. The zero-order chi connectivity index (χ0) is 28.3. The molecule has 0 saturated carbocycles. The lowest BCUT2D eigenvalue weighted by atomic mass is 10.1. The minimum absolute atomic E-state index is 0.0112. The summed E-state index contributed by atoms with van der Waals surface area (Å²) in [6.07, 6.45) is 2.13. The Morgan fingerprint density at radius 3 is 2.29 bits per heavy atom. The molecule has 1 aliphatic rings. The van der Waals surface area contributed by atoms with E-state index in [-0.39, 0.29) is 12.5 Å². The topological polar surface area (TPSA) is 50.1 Å². The summed E-state index contributed by atoms with van der Waals surface area (Å²) in [7, 11) is 0. The molecule has 0 unspecified atom stereocenters. The summed E-state index contributed by atoms with van der Waals surface area (Å²) < 4.78 is 7.87. The molecule has 2 aromatic heterocycles. The maximum atomic E-state index is 12.8. The zero-order valence-electron chi connectivity index (χ0n) is 22.8. The Morgan fingerprint density at radius 2 is 1.56 bits per heavy atom. The van der Waals surface area contributed by atoms with Gasteiger partial charge in [0.2, 0.25) is 0 Å². The van der Waals surface area contributed by atoms with Gasteiger partial charge in [0.15, 0.2) is 6.61 Å². The van der Waals surface area contributed by atoms with E-state index in [1.54, 1.807) is 24.3 Å². The second-order valence-electron chi connectivity index (χ2n) is 10.3. The number of carbonyl (C=O) groups excluding carboxylic acids is 1. The summed E-state index contributed by atoms with van der Waals surface area (Å²) in [5, 5.41) is 1.35. The lowest BCUT2D eigenvalue weighted by Gasteiger charge is -2.34. The van der Waals surface area contributed by atoms with Crippen LogP contribution in [-0.4, -0.2) is 57.9 Å². The van der Waals surface area contributed by atoms with Crippen molar-refractivity contribution in [2.75, 3.05) is 32.8 Å². The minimum atomic E-state index is -0.0147. The lowest BCUT2D eigenvalue weighted by molar-refractivity contribution is -0.135. The number of rotatable bonds is 7. The molecule has 0 bridgehead atoms. The van der Waals surface area contributed by atoms with E-state index in [4.69, 9.17) is 32.9 Å². The molecule has 3 aromatic carbocycles. The smallest absolute Gasteiger partial charge is 0.260 e. The molecular weight excluding hydrogens is 555 g/mol. The number of halogens is 2. The second kappa shape index (κ2) is 12.0. The number of carbonyl (C=O) groups is 1. The highest BCUT2D eigenvalue weighted by atomic mass is 35.5. The van der Waals surface area contributed by atoms with Gasteiger partial charge in [-0.25, -0.2) is 4.98 Å². The molecule has 1 amide bonds. The SMILES string of the molecule is Cc1ccc(-c2nc3ccc(-c4ccccc4Cl)cn3c2CN2CCN(C(=O)COc3ccc(Cl)cc3)CC2)cc1. The first kappa shape index (κ1) is 27.3. The zero-order valence-corrected chi connectivity index (χ0v) is 24.3. The van der Waals surface area contributed by atoms with Crippen molar-refractivity contribution in [2.45, 2.75) is 13.5 Å². The number of pyridine rings is 1. The van der Waals surface area contributed by atoms with Crippen molar-refractivity contribution in [1.82, 2.24) is 19.2 Å². The predicted octanol–water partition coefficient (Wildman–Crippen LogP) is 7.01. The molecule has 0 atom stereocenters. The second-order valence-corrected chi connectivity index (χ2v) is 11.1. The molecule has 6 nitrogen and oxygen atoms in total. The maximum Gasteiger partial charge on any atom is 0.260 e. The monoisotopic (exact) mass is 584 g/mol. The van der Waals surface area contributed by atoms with Crippen LogP contribution in [0.2, 0.25) is 10.0 Å². The number of piperazine rings is 1. The van der Waals surface area contributed by atoms with Gasteiger partial charge in [-0.2, -0.15) is 0 Å². The van der Waals surface area contributed by atoms with Gasteiger partial charge in [-0.15, -0.1) is 0 Å². The number of fused-ring (bicyclic) bond motifs is 1. The van der Waals surface area contributed by atoms with Gasteiger partial charge >= 0.3 is 0 Å². The number of aryl methyl sites for hydroxylation is 1. The van der Waals surface area contributed by atoms with Gasteiger partial charge in [-0.3, -0.25) is 9.69 Å². The Bertz CT molecular complexity index is 1670. The molecule has 6 rings (SSSR count). The number of benzene rings is 3. The number of imidazole rings is 1. The van der Waals surface area contributed by atoms with Crippen molar-refractivity contribution in [3.8, 4) is 28.1 Å². The molecule has 0 radical (unpaired) electrons. The normalized spacial score (nSPS) is 14.0. The van der Waals surface area contributed by atoms with E-state index >= 15 is 0 Å². The van der Waals surface area contributed by atoms with E-state index in [1.165, 1.54) is 5.56 Å². The fraction of sp³-hybridized carbons (Fsp3) is 0.212. The average molecular weight is 586 g/mol. The third-order valence-electron chi connectivity index (χ3n) is 7.50. The van der Waals surface area contributed by atoms with Gasteiger partial charge in [0.25, 0.3) is 5.91 Å². The highest BCUT2D eigenvalue weighted by Gasteiger charge is 2.24. The number of nitrogens with zero attached hydrogens (tertiary/aromatic N) is 4. The summed E-state index contributed by atoms with van der Waals surface area (Å²) >= 11 is 12.5. The molecule has 0 spiro atoms. The molecule has 8 heteroatoms. The van der Waals surface area contributed by atoms with Crippen LogP contribution in [0.4, 0.5) is 0 Å². The van der Waals surface area contributed by atoms with Crippen LogP contribution in [0.15, 0.2) is 91.1 Å². The highest BCUT2D eigenvalue weighted by molar-refractivity contribution is 6.33. The summed E-state index contributed by atoms with van der Waals surface area (Å²) in [6.45, 7) is 5.62. The Hall–Kier alpha value is -3.84. The van der Waals surface area contributed by atoms with Gasteiger partial charge in [-0.05, 0) is 55.0 Å². The van der Waals surface area contributed by atoms with Crippen LogP contribution in [0.3, 0.4) is 0 Å². The van der Waals surface area contributed by atoms with Crippen molar-refractivity contribution >= 4 is 34.8 Å². The first-order valence-electron chi connectivity index (χ1n) is 13.7. The summed E-state index contributed by atoms with van der Waals surface area (Å²) in [5.74, 6) is 0.618. The predicted molar refractivity (Wildman–Crippen MR) is 165 cm³/mol. The third-order valence-corrected chi connectivity index (χ3v) is 8.08. The first-order chi connectivity index (χ1) is 19.9. The largest absolute Gasteiger partial charge is 0.484 e. The lowest BCUT2D eigenvalue weighted by Crippen LogP contribution is -2.49. The standard InChI is InChI=1S/C33H30Cl2N4O2/c1-23-6-8-24(9-7-23)33-30(39-20-25(10-15-31(39)36-33)28-4-2-3-5-29(28)35)21-37-16-18-38(19-17-37)32(40)22-41-27-13-11-26(34)12-14-27/h2-15,20H,16-19,21-22H2,1H3. The summed E-state index contributed by atoms with van der Waals surface area (Å²) in [5.41, 5.74) is 7.29. The van der Waals surface area contributed by atoms with Crippen LogP contribution < -0.4 is 4.74 Å². The van der Waals surface area contributed by atoms with Crippen LogP contribution in [0.25, 0.3) is 28.0 Å². The fourth-order valence-corrected chi connectivity index (χ4v) is 5.55. The Balaban J connectivity index is 1.22. The molecule has 5 aromatic rings. The van der Waals surface area contributed by atoms with Gasteiger partial charge in [0.1, 0.15) is 11.4 Å². The van der Waals surface area contributed by atoms with Gasteiger partial charge < -0.3 is 14.0 Å². The molecule has 1 aliphatic heterocycles. The van der Waals surface area contributed by atoms with E-state index in [1.807, 2.05) is 29.2 Å². The van der Waals surface area contributed by atoms with Crippen molar-refractivity contribution < 1.29 is 9.53 Å². The molecular formula is C33H30Cl2N4O2. The summed E-state index contributed by atoms with van der Waals surface area (Å²) in [4.78, 5) is 22.1. The molecule has 41 heavy (non-hydrogen) atoms. The van der Waals surface area contributed by atoms with Gasteiger partial charge in [-0.1, -0.05) is 71.2 Å². The van der Waals surface area contributed by atoms with Crippen molar-refractivity contribution in [1.29, 1.82) is 0 Å². The van der Waals surface area contributed by atoms with Crippen LogP contribution in [0.5, 0.6) is 5.75 Å². The third kappa shape index (κ3) is 6.10. The van der Waals surface area contributed by atoms with Gasteiger partial charge in [0, 0.05) is 60.1 Å². The van der Waals surface area contributed by atoms with E-state index in [2.05, 4.69) is 58.8 Å². The van der Waals surface area contributed by atoms with Crippen LogP contribution in [-0.2, 0) is 11.3 Å². The Labute approximate surface area is 249 Å². The molecule has 208 valence electrons. The van der Waals surface area contributed by atoms with Gasteiger partial charge in [0.05, 0.1) is 11.4 Å². The first-order valence-corrected chi connectivity index (χ1v) is 14.4. The Kier molecular flexibility index (Phi) is 7.97. The van der Waals surface area contributed by atoms with E-state index in [9.17, 15) is 4.79 Å². The van der Waals surface area contributed by atoms with Crippen molar-refractivity contribution in [2.24, 2.45) is 0 Å².